The fourth-order valence-corrected chi connectivity index (χ4v) is 27.2. The largest absolute Gasteiger partial charge is 3.00 e. The van der Waals surface area contributed by atoms with E-state index in [0.29, 0.717) is 0 Å². The van der Waals surface area contributed by atoms with Gasteiger partial charge in [-0.25, -0.2) is 0 Å². The van der Waals surface area contributed by atoms with E-state index >= 15 is 0 Å². The van der Waals surface area contributed by atoms with Crippen molar-refractivity contribution in [2.75, 3.05) is 0 Å². The van der Waals surface area contributed by atoms with Crippen molar-refractivity contribution < 1.29 is 36.9 Å². The Labute approximate surface area is 216 Å². The Morgan fingerprint density at radius 1 is 0.250 bits per heavy atom. The number of hydrogen-bond donors (Lipinski definition) is 0. The second kappa shape index (κ2) is 13.8. The van der Waals surface area contributed by atoms with Gasteiger partial charge in [0.15, 0.2) is 0 Å². The maximum Gasteiger partial charge on any atom is 3.00 e. The summed E-state index contributed by atoms with van der Waals surface area (Å²) in [6.45, 7) is 41.3. The van der Waals surface area contributed by atoms with Gasteiger partial charge >= 0.3 is 36.9 Å². The van der Waals surface area contributed by atoms with E-state index < -0.39 is 49.4 Å². The van der Waals surface area contributed by atoms with Crippen LogP contribution < -0.4 is 0 Å². The van der Waals surface area contributed by atoms with Crippen LogP contribution in [0.15, 0.2) is 0 Å². The van der Waals surface area contributed by atoms with Crippen molar-refractivity contribution in [3.63, 3.8) is 0 Å². The molecule has 28 heavy (non-hydrogen) atoms. The molecule has 0 aromatic carbocycles. The van der Waals surface area contributed by atoms with Gasteiger partial charge in [-0.1, -0.05) is 167 Å². The van der Waals surface area contributed by atoms with Gasteiger partial charge in [0.05, 0.1) is 0 Å². The third kappa shape index (κ3) is 51.2. The van der Waals surface area contributed by atoms with Crippen molar-refractivity contribution in [2.45, 2.75) is 118 Å². The Kier molecular flexibility index (Phi) is 18.7. The molecule has 0 unspecified atom stereocenters. The summed E-state index contributed by atoms with van der Waals surface area (Å²) in [6, 6.07) is 0. The normalized spacial score (nSPS) is 13.5. The van der Waals surface area contributed by atoms with Crippen LogP contribution in [0.3, 0.4) is 0 Å². The molecular weight excluding hydrogens is 596 g/mol. The predicted octanol–water partition coefficient (Wildman–Crippen LogP) is 9.09. The first-order valence-electron chi connectivity index (χ1n) is 10.3. The van der Waals surface area contributed by atoms with E-state index in [4.69, 9.17) is 13.9 Å². The van der Waals surface area contributed by atoms with Gasteiger partial charge in [-0.3, -0.25) is 0 Å². The molecule has 0 rings (SSSR count). The first-order chi connectivity index (χ1) is 11.1. The fourth-order valence-electron chi connectivity index (χ4n) is 3.02. The zero-order valence-corrected chi connectivity index (χ0v) is 30.4. The molecule has 0 N–H and O–H groups in total. The summed E-state index contributed by atoms with van der Waals surface area (Å²) >= 11 is 0. The van der Waals surface area contributed by atoms with Crippen LogP contribution in [0.5, 0.6) is 0 Å². The summed E-state index contributed by atoms with van der Waals surface area (Å²) in [6.07, 6.45) is 0. The van der Waals surface area contributed by atoms with E-state index in [-0.39, 0.29) is 36.9 Å². The summed E-state index contributed by atoms with van der Waals surface area (Å²) < 4.78 is 14.5. The minimum Gasteiger partial charge on any atom is -0.668 e. The van der Waals surface area contributed by atoms with Crippen LogP contribution in [-0.4, -0.2) is 49.4 Å². The molecule has 0 heterocycles. The second-order valence-electron chi connectivity index (χ2n) is 13.4. The first-order valence-corrected chi connectivity index (χ1v) is 31.0. The van der Waals surface area contributed by atoms with Crippen LogP contribution >= 0.6 is 0 Å². The molecule has 0 aromatic rings. The maximum absolute atomic E-state index is 4.82. The molecule has 0 spiro atoms. The summed E-state index contributed by atoms with van der Waals surface area (Å²) in [7, 11) is -6.64. The van der Waals surface area contributed by atoms with Gasteiger partial charge in [0.1, 0.15) is 0 Å². The second-order valence-corrected chi connectivity index (χ2v) is 42.1. The molecule has 0 amide bonds. The van der Waals surface area contributed by atoms with Gasteiger partial charge in [-0.15, -0.1) is 0 Å². The van der Waals surface area contributed by atoms with Crippen LogP contribution in [0.2, 0.25) is 118 Å². The van der Waals surface area contributed by atoms with Crippen LogP contribution in [0, 0.1) is 36.9 Å². The van der Waals surface area contributed by atoms with E-state index in [2.05, 4.69) is 118 Å². The Bertz CT molecular complexity index is 297. The zero-order valence-electron chi connectivity index (χ0n) is 22.6. The zero-order chi connectivity index (χ0) is 23.1. The Morgan fingerprint density at radius 2 is 0.321 bits per heavy atom. The summed E-state index contributed by atoms with van der Waals surface area (Å²) in [5.41, 5.74) is 0. The van der Waals surface area contributed by atoms with E-state index in [1.807, 2.05) is 0 Å². The Morgan fingerprint density at radius 3 is 0.321 bits per heavy atom. The van der Waals surface area contributed by atoms with Crippen LogP contribution in [0.1, 0.15) is 0 Å². The SMILES string of the molecule is C[Si](C)(C)[N-][Si](C)(C)C.C[Si](C)(C)[N-][Si](C)(C)C.C[Si](C)(C)[N-][Si](C)(C)C.[Tm+3]. The molecule has 0 aliphatic carbocycles. The van der Waals surface area contributed by atoms with Gasteiger partial charge in [0, 0.05) is 0 Å². The molecule has 0 atom stereocenters. The van der Waals surface area contributed by atoms with Gasteiger partial charge < -0.3 is 13.9 Å². The molecule has 0 saturated heterocycles. The van der Waals surface area contributed by atoms with Gasteiger partial charge in [-0.05, 0) is 0 Å². The predicted molar refractivity (Wildman–Crippen MR) is 150 cm³/mol. The average Bonchev–Trinajstić information content (AvgIpc) is 1.96. The fraction of sp³-hybridized carbons (Fsp3) is 1.00. The van der Waals surface area contributed by atoms with E-state index in [1.165, 1.54) is 0 Å². The molecule has 10 heteroatoms. The molecule has 3 nitrogen and oxygen atoms in total. The number of hydrogen-bond acceptors (Lipinski definition) is 0. The molecule has 0 saturated carbocycles. The molecule has 0 aliphatic rings. The quantitative estimate of drug-likeness (QED) is 0.258. The number of rotatable bonds is 6. The van der Waals surface area contributed by atoms with Crippen molar-refractivity contribution in [2.24, 2.45) is 0 Å². The molecule has 0 bridgehead atoms. The first kappa shape index (κ1) is 37.7. The smallest absolute Gasteiger partial charge is 0.668 e. The Balaban J connectivity index is -0.000000152. The molecule has 178 valence electrons. The minimum absolute atomic E-state index is 0. The number of nitrogens with zero attached hydrogens (tertiary/aromatic N) is 3. The third-order valence-corrected chi connectivity index (χ3v) is 18.1. The van der Waals surface area contributed by atoms with E-state index in [9.17, 15) is 0 Å². The van der Waals surface area contributed by atoms with E-state index in [1.54, 1.807) is 0 Å². The standard InChI is InChI=1S/3C6H18NSi2.Tm/c3*1-8(2,3)7-9(4,5)6;/h3*1-6H3;/q3*-1;+3. The molecule has 0 radical (unpaired) electrons. The monoisotopic (exact) mass is 649 g/mol. The van der Waals surface area contributed by atoms with Gasteiger partial charge in [0.2, 0.25) is 0 Å². The Hall–Kier alpha value is 2.42. The maximum atomic E-state index is 4.82. The third-order valence-electron chi connectivity index (χ3n) is 2.01. The van der Waals surface area contributed by atoms with Crippen molar-refractivity contribution in [3.8, 4) is 0 Å². The average molecular weight is 650 g/mol. The van der Waals surface area contributed by atoms with Crippen LogP contribution in [0.25, 0.3) is 13.9 Å². The molecule has 0 aromatic heterocycles. The van der Waals surface area contributed by atoms with Gasteiger partial charge in [-0.2, -0.15) is 0 Å². The topological polar surface area (TPSA) is 42.3 Å². The molecule has 0 aliphatic heterocycles. The van der Waals surface area contributed by atoms with E-state index in [0.717, 1.165) is 0 Å². The molecule has 0 fully saturated rings. The summed E-state index contributed by atoms with van der Waals surface area (Å²) in [4.78, 5) is 0. The molecular formula is C18H54N3Si6Tm. The summed E-state index contributed by atoms with van der Waals surface area (Å²) in [5, 5.41) is 0. The van der Waals surface area contributed by atoms with Crippen molar-refractivity contribution >= 4 is 49.4 Å². The van der Waals surface area contributed by atoms with Crippen molar-refractivity contribution in [1.82, 2.24) is 0 Å². The minimum atomic E-state index is -1.11. The van der Waals surface area contributed by atoms with Crippen LogP contribution in [0.4, 0.5) is 0 Å². The summed E-state index contributed by atoms with van der Waals surface area (Å²) in [5.74, 6) is 0. The van der Waals surface area contributed by atoms with Crippen molar-refractivity contribution in [3.05, 3.63) is 13.9 Å². The van der Waals surface area contributed by atoms with Gasteiger partial charge in [0.25, 0.3) is 0 Å². The van der Waals surface area contributed by atoms with Crippen LogP contribution in [-0.2, 0) is 0 Å². The van der Waals surface area contributed by atoms with Crippen molar-refractivity contribution in [1.29, 1.82) is 0 Å².